The molecule has 1 unspecified atom stereocenters. The van der Waals surface area contributed by atoms with E-state index in [1.54, 1.807) is 0 Å². The van der Waals surface area contributed by atoms with Crippen molar-refractivity contribution in [2.24, 2.45) is 0 Å². The second-order valence-electron chi connectivity index (χ2n) is 3.74. The fraction of sp³-hybridized carbons (Fsp3) is 0.455. The fourth-order valence-corrected chi connectivity index (χ4v) is 1.42. The van der Waals surface area contributed by atoms with E-state index in [4.69, 9.17) is 0 Å². The Kier molecular flexibility index (Phi) is 4.71. The van der Waals surface area contributed by atoms with Crippen molar-refractivity contribution < 1.29 is 0 Å². The molecule has 88 valence electrons. The highest BCUT2D eigenvalue weighted by Gasteiger charge is 2.05. The minimum absolute atomic E-state index is 0. The van der Waals surface area contributed by atoms with E-state index in [9.17, 15) is 0 Å². The van der Waals surface area contributed by atoms with Crippen LogP contribution in [0.4, 0.5) is 0 Å². The van der Waals surface area contributed by atoms with Crippen molar-refractivity contribution in [3.05, 3.63) is 30.2 Å². The van der Waals surface area contributed by atoms with Gasteiger partial charge in [0.05, 0.1) is 6.54 Å². The highest BCUT2D eigenvalue weighted by atomic mass is 35.5. The lowest BCUT2D eigenvalue weighted by atomic mass is 10.2. The van der Waals surface area contributed by atoms with Gasteiger partial charge < -0.3 is 5.32 Å². The molecule has 2 aromatic heterocycles. The van der Waals surface area contributed by atoms with Gasteiger partial charge in [-0.05, 0) is 25.5 Å². The van der Waals surface area contributed by atoms with E-state index < -0.39 is 0 Å². The number of hydrogen-bond donors (Lipinski definition) is 1. The first-order chi connectivity index (χ1) is 7.31. The van der Waals surface area contributed by atoms with Gasteiger partial charge >= 0.3 is 0 Å². The molecule has 0 spiro atoms. The highest BCUT2D eigenvalue weighted by Crippen LogP contribution is 2.02. The molecule has 2 rings (SSSR count). The minimum atomic E-state index is 0. The second kappa shape index (κ2) is 5.82. The first-order valence-corrected chi connectivity index (χ1v) is 5.33. The van der Waals surface area contributed by atoms with Crippen LogP contribution in [0, 0.1) is 0 Å². The predicted molar refractivity (Wildman–Crippen MR) is 66.8 cm³/mol. The van der Waals surface area contributed by atoms with Crippen LogP contribution in [0.5, 0.6) is 0 Å². The first-order valence-electron chi connectivity index (χ1n) is 5.33. The normalized spacial score (nSPS) is 12.4. The molecule has 0 aromatic carbocycles. The van der Waals surface area contributed by atoms with Gasteiger partial charge in [-0.1, -0.05) is 13.0 Å². The Morgan fingerprint density at radius 1 is 1.38 bits per heavy atom. The van der Waals surface area contributed by atoms with Crippen LogP contribution in [-0.2, 0) is 6.54 Å². The van der Waals surface area contributed by atoms with E-state index in [0.29, 0.717) is 6.04 Å². The Morgan fingerprint density at radius 3 is 2.94 bits per heavy atom. The molecule has 0 bridgehead atoms. The largest absolute Gasteiger partial charge is 0.307 e. The number of halogens is 1. The summed E-state index contributed by atoms with van der Waals surface area (Å²) in [5.74, 6) is 0.964. The molecule has 0 amide bonds. The van der Waals surface area contributed by atoms with Crippen LogP contribution >= 0.6 is 12.4 Å². The van der Waals surface area contributed by atoms with E-state index in [1.165, 1.54) is 0 Å². The van der Waals surface area contributed by atoms with Crippen molar-refractivity contribution in [1.82, 2.24) is 19.9 Å². The zero-order chi connectivity index (χ0) is 10.7. The Morgan fingerprint density at radius 2 is 2.19 bits per heavy atom. The van der Waals surface area contributed by atoms with Crippen LogP contribution in [-0.4, -0.2) is 20.6 Å². The number of nitrogens with one attached hydrogen (secondary N) is 1. The Balaban J connectivity index is 0.00000128. The SMILES string of the molecule is CCC(C)NCc1nnc2ccccn12.Cl. The molecule has 0 aliphatic heterocycles. The van der Waals surface area contributed by atoms with E-state index >= 15 is 0 Å². The Labute approximate surface area is 101 Å². The van der Waals surface area contributed by atoms with Gasteiger partial charge in [0.25, 0.3) is 0 Å². The lowest BCUT2D eigenvalue weighted by Crippen LogP contribution is -2.25. The predicted octanol–water partition coefficient (Wildman–Crippen LogP) is 2.04. The Bertz CT molecular complexity index is 440. The molecule has 0 aliphatic carbocycles. The van der Waals surface area contributed by atoms with Crippen LogP contribution in [0.3, 0.4) is 0 Å². The quantitative estimate of drug-likeness (QED) is 0.890. The molecule has 0 saturated heterocycles. The lowest BCUT2D eigenvalue weighted by Gasteiger charge is -2.09. The molecule has 2 aromatic rings. The van der Waals surface area contributed by atoms with Crippen molar-refractivity contribution in [3.63, 3.8) is 0 Å². The number of pyridine rings is 1. The molecule has 5 heteroatoms. The molecule has 1 atom stereocenters. The van der Waals surface area contributed by atoms with Crippen molar-refractivity contribution >= 4 is 18.1 Å². The number of fused-ring (bicyclic) bond motifs is 1. The summed E-state index contributed by atoms with van der Waals surface area (Å²) >= 11 is 0. The zero-order valence-electron chi connectivity index (χ0n) is 9.55. The average Bonchev–Trinajstić information content (AvgIpc) is 2.69. The average molecular weight is 241 g/mol. The van der Waals surface area contributed by atoms with Gasteiger partial charge in [-0.3, -0.25) is 4.40 Å². The number of nitrogens with zero attached hydrogens (tertiary/aromatic N) is 3. The maximum atomic E-state index is 4.15. The second-order valence-corrected chi connectivity index (χ2v) is 3.74. The molecule has 1 N–H and O–H groups in total. The summed E-state index contributed by atoms with van der Waals surface area (Å²) in [6.07, 6.45) is 3.11. The van der Waals surface area contributed by atoms with Gasteiger partial charge in [-0.15, -0.1) is 22.6 Å². The van der Waals surface area contributed by atoms with E-state index in [1.807, 2.05) is 28.8 Å². The number of rotatable bonds is 4. The van der Waals surface area contributed by atoms with Crippen LogP contribution in [0.15, 0.2) is 24.4 Å². The minimum Gasteiger partial charge on any atom is -0.307 e. The smallest absolute Gasteiger partial charge is 0.160 e. The van der Waals surface area contributed by atoms with E-state index in [-0.39, 0.29) is 12.4 Å². The van der Waals surface area contributed by atoms with E-state index in [2.05, 4.69) is 29.4 Å². The van der Waals surface area contributed by atoms with Gasteiger partial charge in [0.15, 0.2) is 11.5 Å². The maximum Gasteiger partial charge on any atom is 0.160 e. The Hall–Kier alpha value is -1.13. The molecule has 4 nitrogen and oxygen atoms in total. The molecule has 0 fully saturated rings. The molecule has 16 heavy (non-hydrogen) atoms. The summed E-state index contributed by atoms with van der Waals surface area (Å²) in [4.78, 5) is 0. The lowest BCUT2D eigenvalue weighted by molar-refractivity contribution is 0.521. The van der Waals surface area contributed by atoms with Crippen molar-refractivity contribution in [3.8, 4) is 0 Å². The van der Waals surface area contributed by atoms with Crippen LogP contribution < -0.4 is 5.32 Å². The van der Waals surface area contributed by atoms with Crippen molar-refractivity contribution in [2.45, 2.75) is 32.9 Å². The monoisotopic (exact) mass is 240 g/mol. The summed E-state index contributed by atoms with van der Waals surface area (Å²) < 4.78 is 2.01. The molecular weight excluding hydrogens is 224 g/mol. The van der Waals surface area contributed by atoms with Gasteiger partial charge in [-0.25, -0.2) is 0 Å². The van der Waals surface area contributed by atoms with Crippen LogP contribution in [0.2, 0.25) is 0 Å². The highest BCUT2D eigenvalue weighted by molar-refractivity contribution is 5.85. The van der Waals surface area contributed by atoms with Gasteiger partial charge in [0.1, 0.15) is 0 Å². The zero-order valence-corrected chi connectivity index (χ0v) is 10.4. The maximum absolute atomic E-state index is 4.15. The van der Waals surface area contributed by atoms with Crippen LogP contribution in [0.25, 0.3) is 5.65 Å². The fourth-order valence-electron chi connectivity index (χ4n) is 1.42. The van der Waals surface area contributed by atoms with Crippen LogP contribution in [0.1, 0.15) is 26.1 Å². The standard InChI is InChI=1S/C11H16N4.ClH/c1-3-9(2)12-8-11-14-13-10-6-4-5-7-15(10)11;/h4-7,9,12H,3,8H2,1-2H3;1H. The summed E-state index contributed by atoms with van der Waals surface area (Å²) in [6.45, 7) is 5.10. The number of aromatic nitrogens is 3. The van der Waals surface area contributed by atoms with Crippen molar-refractivity contribution in [2.75, 3.05) is 0 Å². The molecule has 0 radical (unpaired) electrons. The molecule has 2 heterocycles. The van der Waals surface area contributed by atoms with Gasteiger partial charge in [0.2, 0.25) is 0 Å². The third-order valence-electron chi connectivity index (χ3n) is 2.61. The first kappa shape index (κ1) is 12.9. The summed E-state index contributed by atoms with van der Waals surface area (Å²) in [7, 11) is 0. The number of hydrogen-bond acceptors (Lipinski definition) is 3. The summed E-state index contributed by atoms with van der Waals surface area (Å²) in [6, 6.07) is 6.43. The summed E-state index contributed by atoms with van der Waals surface area (Å²) in [5.41, 5.74) is 0.901. The third-order valence-corrected chi connectivity index (χ3v) is 2.61. The summed E-state index contributed by atoms with van der Waals surface area (Å²) in [5, 5.41) is 11.7. The van der Waals surface area contributed by atoms with E-state index in [0.717, 1.165) is 24.4 Å². The van der Waals surface area contributed by atoms with Crippen molar-refractivity contribution in [1.29, 1.82) is 0 Å². The van der Waals surface area contributed by atoms with Gasteiger partial charge in [0, 0.05) is 12.2 Å². The molecule has 0 saturated carbocycles. The molecular formula is C11H17ClN4. The topological polar surface area (TPSA) is 42.2 Å². The third kappa shape index (κ3) is 2.71. The van der Waals surface area contributed by atoms with Gasteiger partial charge in [-0.2, -0.15) is 0 Å². The molecule has 0 aliphatic rings.